The summed E-state index contributed by atoms with van der Waals surface area (Å²) < 4.78 is 27.0. The van der Waals surface area contributed by atoms with Gasteiger partial charge in [-0.05, 0) is 37.2 Å². The number of hydrogen-bond acceptors (Lipinski definition) is 4. The van der Waals surface area contributed by atoms with E-state index in [9.17, 15) is 13.2 Å². The smallest absolute Gasteiger partial charge is 0.253 e. The van der Waals surface area contributed by atoms with Crippen LogP contribution < -0.4 is 0 Å². The van der Waals surface area contributed by atoms with Crippen LogP contribution in [0.3, 0.4) is 0 Å². The number of amides is 1. The van der Waals surface area contributed by atoms with E-state index < -0.39 is 10.0 Å². The van der Waals surface area contributed by atoms with Crippen LogP contribution in [0.15, 0.2) is 29.2 Å². The molecule has 0 spiro atoms. The van der Waals surface area contributed by atoms with E-state index >= 15 is 0 Å². The first-order valence-electron chi connectivity index (χ1n) is 10.3. The Labute approximate surface area is 171 Å². The average molecular weight is 412 g/mol. The number of benzene rings is 1. The second-order valence-electron chi connectivity index (χ2n) is 7.29. The Morgan fingerprint density at radius 2 is 1.57 bits per heavy atom. The number of rotatable bonds is 12. The summed E-state index contributed by atoms with van der Waals surface area (Å²) in [4.78, 5) is 17.5. The zero-order chi connectivity index (χ0) is 21.3. The number of sulfonamides is 1. The molecule has 0 aromatic heterocycles. The van der Waals surface area contributed by atoms with Crippen LogP contribution in [0.1, 0.15) is 51.9 Å². The van der Waals surface area contributed by atoms with Gasteiger partial charge in [-0.25, -0.2) is 8.42 Å². The van der Waals surface area contributed by atoms with Gasteiger partial charge in [0.2, 0.25) is 10.0 Å². The van der Waals surface area contributed by atoms with Gasteiger partial charge in [-0.15, -0.1) is 0 Å². The van der Waals surface area contributed by atoms with Crippen LogP contribution in [-0.2, 0) is 10.0 Å². The fraction of sp³-hybridized carbons (Fsp3) is 0.667. The third-order valence-electron chi connectivity index (χ3n) is 4.88. The molecule has 1 aromatic rings. The van der Waals surface area contributed by atoms with Gasteiger partial charge >= 0.3 is 0 Å². The van der Waals surface area contributed by atoms with Crippen molar-refractivity contribution in [3.63, 3.8) is 0 Å². The van der Waals surface area contributed by atoms with E-state index in [1.54, 1.807) is 18.2 Å². The number of nitrogens with zero attached hydrogens (tertiary/aromatic N) is 3. The molecule has 0 N–H and O–H groups in total. The van der Waals surface area contributed by atoms with Crippen LogP contribution >= 0.6 is 0 Å². The number of carbonyl (C=O) groups excluding carboxylic acids is 1. The summed E-state index contributed by atoms with van der Waals surface area (Å²) in [5, 5.41) is 0. The molecule has 0 saturated heterocycles. The first-order chi connectivity index (χ1) is 13.2. The molecule has 0 aliphatic carbocycles. The van der Waals surface area contributed by atoms with E-state index in [-0.39, 0.29) is 10.8 Å². The maximum absolute atomic E-state index is 13.2. The zero-order valence-corrected chi connectivity index (χ0v) is 19.1. The second kappa shape index (κ2) is 11.5. The SMILES string of the molecule is CCN(CC)CCN(CC(C)C)C(=O)c1cccc(S(=O)(=O)N(CC)CC)c1. The van der Waals surface area contributed by atoms with Gasteiger partial charge in [-0.1, -0.05) is 47.6 Å². The average Bonchev–Trinajstić information content (AvgIpc) is 2.67. The van der Waals surface area contributed by atoms with Gasteiger partial charge in [0, 0.05) is 38.3 Å². The second-order valence-corrected chi connectivity index (χ2v) is 9.23. The van der Waals surface area contributed by atoms with Gasteiger partial charge in [0.15, 0.2) is 0 Å². The van der Waals surface area contributed by atoms with E-state index in [0.29, 0.717) is 37.7 Å². The van der Waals surface area contributed by atoms with Crippen LogP contribution in [0, 0.1) is 5.92 Å². The van der Waals surface area contributed by atoms with Crippen molar-refractivity contribution in [3.8, 4) is 0 Å². The van der Waals surface area contributed by atoms with Crippen LogP contribution in [0.5, 0.6) is 0 Å². The quantitative estimate of drug-likeness (QED) is 0.530. The van der Waals surface area contributed by atoms with Crippen LogP contribution in [0.2, 0.25) is 0 Å². The van der Waals surface area contributed by atoms with Gasteiger partial charge in [0.25, 0.3) is 5.91 Å². The van der Waals surface area contributed by atoms with Crippen molar-refractivity contribution in [2.75, 3.05) is 45.8 Å². The van der Waals surface area contributed by atoms with E-state index in [4.69, 9.17) is 0 Å². The summed E-state index contributed by atoms with van der Waals surface area (Å²) >= 11 is 0. The molecule has 0 bridgehead atoms. The molecule has 0 fully saturated rings. The van der Waals surface area contributed by atoms with Crippen molar-refractivity contribution in [1.82, 2.24) is 14.1 Å². The molecule has 0 aliphatic heterocycles. The minimum absolute atomic E-state index is 0.113. The molecular formula is C21H37N3O3S. The highest BCUT2D eigenvalue weighted by Crippen LogP contribution is 2.18. The van der Waals surface area contributed by atoms with Gasteiger partial charge in [-0.3, -0.25) is 4.79 Å². The summed E-state index contributed by atoms with van der Waals surface area (Å²) in [5.74, 6) is 0.223. The van der Waals surface area contributed by atoms with E-state index in [2.05, 4.69) is 32.6 Å². The Kier molecular flexibility index (Phi) is 10.1. The predicted octanol–water partition coefficient (Wildman–Crippen LogP) is 3.16. The molecule has 28 heavy (non-hydrogen) atoms. The Hall–Kier alpha value is -1.44. The van der Waals surface area contributed by atoms with E-state index in [0.717, 1.165) is 19.6 Å². The lowest BCUT2D eigenvalue weighted by atomic mass is 10.1. The number of likely N-dealkylation sites (N-methyl/N-ethyl adjacent to an activating group) is 1. The number of carbonyl (C=O) groups is 1. The van der Waals surface area contributed by atoms with Gasteiger partial charge in [0.05, 0.1) is 4.90 Å². The number of hydrogen-bond donors (Lipinski definition) is 0. The molecule has 0 atom stereocenters. The zero-order valence-electron chi connectivity index (χ0n) is 18.3. The van der Waals surface area contributed by atoms with E-state index in [1.165, 1.54) is 10.4 Å². The fourth-order valence-corrected chi connectivity index (χ4v) is 4.71. The molecule has 1 amide bonds. The summed E-state index contributed by atoms with van der Waals surface area (Å²) in [5.41, 5.74) is 0.424. The highest BCUT2D eigenvalue weighted by atomic mass is 32.2. The van der Waals surface area contributed by atoms with Gasteiger partial charge in [0.1, 0.15) is 0 Å². The molecule has 7 heteroatoms. The highest BCUT2D eigenvalue weighted by Gasteiger charge is 2.24. The maximum Gasteiger partial charge on any atom is 0.253 e. The maximum atomic E-state index is 13.2. The van der Waals surface area contributed by atoms with Crippen LogP contribution in [0.4, 0.5) is 0 Å². The Bertz CT molecular complexity index is 711. The molecule has 0 saturated carbocycles. The summed E-state index contributed by atoms with van der Waals surface area (Å²) in [6, 6.07) is 6.43. The molecule has 1 rings (SSSR count). The first kappa shape index (κ1) is 24.6. The summed E-state index contributed by atoms with van der Waals surface area (Å²) in [6.07, 6.45) is 0. The van der Waals surface area contributed by atoms with Crippen molar-refractivity contribution in [2.45, 2.75) is 46.4 Å². The van der Waals surface area contributed by atoms with Crippen LogP contribution in [-0.4, -0.2) is 74.2 Å². The molecule has 160 valence electrons. The minimum atomic E-state index is -3.59. The molecular weight excluding hydrogens is 374 g/mol. The highest BCUT2D eigenvalue weighted by molar-refractivity contribution is 7.89. The van der Waals surface area contributed by atoms with Gasteiger partial charge in [-0.2, -0.15) is 4.31 Å². The van der Waals surface area contributed by atoms with Gasteiger partial charge < -0.3 is 9.80 Å². The van der Waals surface area contributed by atoms with Crippen LogP contribution in [0.25, 0.3) is 0 Å². The molecule has 0 heterocycles. The first-order valence-corrected chi connectivity index (χ1v) is 11.8. The molecule has 0 unspecified atom stereocenters. The lowest BCUT2D eigenvalue weighted by Crippen LogP contribution is -2.40. The molecule has 1 aromatic carbocycles. The fourth-order valence-electron chi connectivity index (χ4n) is 3.20. The predicted molar refractivity (Wildman–Crippen MR) is 115 cm³/mol. The third kappa shape index (κ3) is 6.57. The van der Waals surface area contributed by atoms with Crippen molar-refractivity contribution >= 4 is 15.9 Å². The standard InChI is InChI=1S/C21H37N3O3S/c1-7-22(8-2)14-15-23(17-18(5)6)21(25)19-12-11-13-20(16-19)28(26,27)24(9-3)10-4/h11-13,16,18H,7-10,14-15,17H2,1-6H3. The van der Waals surface area contributed by atoms with Crippen molar-refractivity contribution in [1.29, 1.82) is 0 Å². The topological polar surface area (TPSA) is 60.9 Å². The van der Waals surface area contributed by atoms with E-state index in [1.807, 2.05) is 18.7 Å². The molecule has 0 aliphatic rings. The van der Waals surface area contributed by atoms with Crippen molar-refractivity contribution < 1.29 is 13.2 Å². The van der Waals surface area contributed by atoms with Crippen molar-refractivity contribution in [2.24, 2.45) is 5.92 Å². The monoisotopic (exact) mass is 411 g/mol. The molecule has 0 radical (unpaired) electrons. The lowest BCUT2D eigenvalue weighted by molar-refractivity contribution is 0.0716. The minimum Gasteiger partial charge on any atom is -0.337 e. The Morgan fingerprint density at radius 1 is 0.964 bits per heavy atom. The molecule has 6 nitrogen and oxygen atoms in total. The Balaban J connectivity index is 3.12. The Morgan fingerprint density at radius 3 is 2.07 bits per heavy atom. The lowest BCUT2D eigenvalue weighted by Gasteiger charge is -2.28. The normalized spacial score (nSPS) is 12.2. The van der Waals surface area contributed by atoms with Crippen molar-refractivity contribution in [3.05, 3.63) is 29.8 Å². The third-order valence-corrected chi connectivity index (χ3v) is 6.92. The largest absolute Gasteiger partial charge is 0.337 e. The summed E-state index contributed by atoms with van der Waals surface area (Å²) in [7, 11) is -3.59. The summed E-state index contributed by atoms with van der Waals surface area (Å²) in [6.45, 7) is 16.8.